The van der Waals surface area contributed by atoms with Gasteiger partial charge in [0, 0.05) is 23.0 Å². The summed E-state index contributed by atoms with van der Waals surface area (Å²) in [5, 5.41) is 8.34. The van der Waals surface area contributed by atoms with Crippen LogP contribution in [0.2, 0.25) is 0 Å². The van der Waals surface area contributed by atoms with Crippen molar-refractivity contribution in [3.05, 3.63) is 66.7 Å². The summed E-state index contributed by atoms with van der Waals surface area (Å²) in [7, 11) is 0. The zero-order valence-electron chi connectivity index (χ0n) is 14.8. The quantitative estimate of drug-likeness (QED) is 0.659. The van der Waals surface area contributed by atoms with Crippen molar-refractivity contribution in [3.8, 4) is 0 Å². The molecule has 2 aromatic carbocycles. The van der Waals surface area contributed by atoms with E-state index in [1.165, 1.54) is 6.08 Å². The topological polar surface area (TPSA) is 87.3 Å². The minimum atomic E-state index is -0.280. The second-order valence-corrected chi connectivity index (χ2v) is 6.46. The van der Waals surface area contributed by atoms with Gasteiger partial charge in [0.05, 0.1) is 6.42 Å². The Kier molecular flexibility index (Phi) is 5.66. The van der Waals surface area contributed by atoms with Crippen molar-refractivity contribution in [2.24, 2.45) is 5.92 Å². The molecule has 0 aliphatic heterocycles. The van der Waals surface area contributed by atoms with Gasteiger partial charge in [-0.2, -0.15) is 0 Å². The molecule has 1 aliphatic carbocycles. The molecule has 138 valence electrons. The minimum absolute atomic E-state index is 0.0551. The van der Waals surface area contributed by atoms with Gasteiger partial charge >= 0.3 is 0 Å². The molecule has 2 aromatic rings. The van der Waals surface area contributed by atoms with Crippen molar-refractivity contribution in [2.75, 3.05) is 16.0 Å². The molecule has 3 rings (SSSR count). The van der Waals surface area contributed by atoms with E-state index >= 15 is 0 Å². The van der Waals surface area contributed by atoms with Crippen LogP contribution in [-0.2, 0) is 20.8 Å². The fourth-order valence-electron chi connectivity index (χ4n) is 2.52. The Morgan fingerprint density at radius 3 is 1.93 bits per heavy atom. The van der Waals surface area contributed by atoms with E-state index in [1.54, 1.807) is 48.5 Å². The zero-order valence-corrected chi connectivity index (χ0v) is 14.8. The molecule has 27 heavy (non-hydrogen) atoms. The van der Waals surface area contributed by atoms with Gasteiger partial charge < -0.3 is 16.0 Å². The zero-order chi connectivity index (χ0) is 19.2. The summed E-state index contributed by atoms with van der Waals surface area (Å²) in [5.41, 5.74) is 2.87. The van der Waals surface area contributed by atoms with E-state index < -0.39 is 0 Å². The van der Waals surface area contributed by atoms with Crippen LogP contribution >= 0.6 is 0 Å². The highest BCUT2D eigenvalue weighted by Crippen LogP contribution is 2.30. The summed E-state index contributed by atoms with van der Waals surface area (Å²) in [6, 6.07) is 14.1. The average Bonchev–Trinajstić information content (AvgIpc) is 3.50. The molecule has 1 aliphatic rings. The van der Waals surface area contributed by atoms with E-state index in [0.717, 1.165) is 24.1 Å². The Labute approximate surface area is 157 Å². The van der Waals surface area contributed by atoms with Crippen LogP contribution in [0, 0.1) is 5.92 Å². The van der Waals surface area contributed by atoms with Crippen LogP contribution in [0.25, 0.3) is 0 Å². The molecule has 0 spiro atoms. The molecular formula is C21H21N3O3. The van der Waals surface area contributed by atoms with Crippen molar-refractivity contribution < 1.29 is 14.4 Å². The molecule has 0 saturated heterocycles. The Balaban J connectivity index is 1.50. The second kappa shape index (κ2) is 8.31. The molecular weight excluding hydrogens is 342 g/mol. The summed E-state index contributed by atoms with van der Waals surface area (Å²) >= 11 is 0. The number of hydrogen-bond acceptors (Lipinski definition) is 3. The summed E-state index contributed by atoms with van der Waals surface area (Å²) in [4.78, 5) is 35.2. The third-order valence-electron chi connectivity index (χ3n) is 4.16. The molecule has 0 radical (unpaired) electrons. The maximum Gasteiger partial charge on any atom is 0.247 e. The highest BCUT2D eigenvalue weighted by Gasteiger charge is 2.29. The molecule has 1 saturated carbocycles. The lowest BCUT2D eigenvalue weighted by atomic mass is 10.1. The highest BCUT2D eigenvalue weighted by molar-refractivity contribution is 5.99. The average molecular weight is 363 g/mol. The number of hydrogen-bond donors (Lipinski definition) is 3. The van der Waals surface area contributed by atoms with Gasteiger partial charge in [0.15, 0.2) is 0 Å². The number of anilines is 3. The molecule has 0 unspecified atom stereocenters. The lowest BCUT2D eigenvalue weighted by Crippen LogP contribution is -2.15. The number of carbonyl (C=O) groups excluding carboxylic acids is 3. The van der Waals surface area contributed by atoms with E-state index in [1.807, 2.05) is 0 Å². The van der Waals surface area contributed by atoms with E-state index in [4.69, 9.17) is 0 Å². The Morgan fingerprint density at radius 2 is 1.37 bits per heavy atom. The van der Waals surface area contributed by atoms with Crippen molar-refractivity contribution in [1.29, 1.82) is 0 Å². The van der Waals surface area contributed by atoms with Gasteiger partial charge in [-0.25, -0.2) is 0 Å². The molecule has 6 heteroatoms. The van der Waals surface area contributed by atoms with Gasteiger partial charge in [-0.3, -0.25) is 14.4 Å². The van der Waals surface area contributed by atoms with Crippen LogP contribution < -0.4 is 16.0 Å². The molecule has 0 bridgehead atoms. The Morgan fingerprint density at radius 1 is 0.852 bits per heavy atom. The van der Waals surface area contributed by atoms with Crippen molar-refractivity contribution >= 4 is 34.8 Å². The van der Waals surface area contributed by atoms with Crippen molar-refractivity contribution in [2.45, 2.75) is 19.3 Å². The first-order valence-corrected chi connectivity index (χ1v) is 8.76. The van der Waals surface area contributed by atoms with Gasteiger partial charge in [0.25, 0.3) is 0 Å². The molecule has 0 atom stereocenters. The number of carbonyl (C=O) groups is 3. The monoisotopic (exact) mass is 363 g/mol. The minimum Gasteiger partial charge on any atom is -0.326 e. The van der Waals surface area contributed by atoms with Crippen molar-refractivity contribution in [3.63, 3.8) is 0 Å². The Hall–Kier alpha value is -3.41. The third kappa shape index (κ3) is 5.54. The third-order valence-corrected chi connectivity index (χ3v) is 4.16. The predicted molar refractivity (Wildman–Crippen MR) is 105 cm³/mol. The molecule has 0 heterocycles. The van der Waals surface area contributed by atoms with Crippen LogP contribution in [0.3, 0.4) is 0 Å². The summed E-state index contributed by atoms with van der Waals surface area (Å²) in [6.07, 6.45) is 3.34. The SMILES string of the molecule is C=CC(=O)Nc1ccc(CC(=O)Nc2ccc(NC(=O)C3CC3)cc2)cc1. The first-order chi connectivity index (χ1) is 13.0. The van der Waals surface area contributed by atoms with Gasteiger partial charge in [-0.05, 0) is 60.9 Å². The fraction of sp³-hybridized carbons (Fsp3) is 0.190. The van der Waals surface area contributed by atoms with Gasteiger partial charge in [-0.1, -0.05) is 18.7 Å². The first kappa shape index (κ1) is 18.4. The maximum atomic E-state index is 12.2. The normalized spacial score (nSPS) is 12.7. The standard InChI is InChI=1S/C21H21N3O3/c1-2-19(25)22-16-7-3-14(4-8-16)13-20(26)23-17-9-11-18(12-10-17)24-21(27)15-5-6-15/h2-4,7-12,15H,1,5-6,13H2,(H,22,25)(H,23,26)(H,24,27). The molecule has 0 aromatic heterocycles. The number of nitrogens with one attached hydrogen (secondary N) is 3. The smallest absolute Gasteiger partial charge is 0.247 e. The first-order valence-electron chi connectivity index (χ1n) is 8.76. The van der Waals surface area contributed by atoms with Crippen LogP contribution in [-0.4, -0.2) is 17.7 Å². The molecule has 1 fully saturated rings. The summed E-state index contributed by atoms with van der Waals surface area (Å²) < 4.78 is 0. The highest BCUT2D eigenvalue weighted by atomic mass is 16.2. The van der Waals surface area contributed by atoms with Gasteiger partial charge in [0.2, 0.25) is 17.7 Å². The van der Waals surface area contributed by atoms with E-state index in [0.29, 0.717) is 11.4 Å². The molecule has 3 amide bonds. The summed E-state index contributed by atoms with van der Waals surface area (Å²) in [5.74, 6) is -0.217. The van der Waals surface area contributed by atoms with E-state index in [-0.39, 0.29) is 30.1 Å². The molecule has 6 nitrogen and oxygen atoms in total. The largest absolute Gasteiger partial charge is 0.326 e. The van der Waals surface area contributed by atoms with Crippen LogP contribution in [0.15, 0.2) is 61.2 Å². The van der Waals surface area contributed by atoms with Gasteiger partial charge in [-0.15, -0.1) is 0 Å². The maximum absolute atomic E-state index is 12.2. The van der Waals surface area contributed by atoms with Crippen LogP contribution in [0.5, 0.6) is 0 Å². The van der Waals surface area contributed by atoms with Crippen molar-refractivity contribution in [1.82, 2.24) is 0 Å². The Bertz CT molecular complexity index is 853. The van der Waals surface area contributed by atoms with E-state index in [2.05, 4.69) is 22.5 Å². The fourth-order valence-corrected chi connectivity index (χ4v) is 2.52. The lowest BCUT2D eigenvalue weighted by molar-refractivity contribution is -0.117. The number of amides is 3. The van der Waals surface area contributed by atoms with E-state index in [9.17, 15) is 14.4 Å². The lowest BCUT2D eigenvalue weighted by Gasteiger charge is -2.08. The van der Waals surface area contributed by atoms with Crippen LogP contribution in [0.1, 0.15) is 18.4 Å². The summed E-state index contributed by atoms with van der Waals surface area (Å²) in [6.45, 7) is 3.40. The molecule has 3 N–H and O–H groups in total. The predicted octanol–water partition coefficient (Wildman–Crippen LogP) is 3.34. The number of benzene rings is 2. The number of rotatable bonds is 7. The second-order valence-electron chi connectivity index (χ2n) is 6.46. The van der Waals surface area contributed by atoms with Gasteiger partial charge in [0.1, 0.15) is 0 Å². The van der Waals surface area contributed by atoms with Crippen LogP contribution in [0.4, 0.5) is 17.1 Å².